The summed E-state index contributed by atoms with van der Waals surface area (Å²) < 4.78 is 6.56. The summed E-state index contributed by atoms with van der Waals surface area (Å²) in [6, 6.07) is 4.92. The van der Waals surface area contributed by atoms with E-state index in [9.17, 15) is 4.79 Å². The van der Waals surface area contributed by atoms with Crippen LogP contribution in [0.3, 0.4) is 0 Å². The van der Waals surface area contributed by atoms with Crippen molar-refractivity contribution in [3.05, 3.63) is 22.7 Å². The Balaban J connectivity index is 2.52. The molecule has 1 heterocycles. The SMILES string of the molecule is C[C@@H]1Oc2ccc(Br)cc2N(C)C(=O)C1N. The second kappa shape index (κ2) is 4.07. The molecule has 0 aliphatic carbocycles. The molecule has 0 saturated heterocycles. The summed E-state index contributed by atoms with van der Waals surface area (Å²) in [5.74, 6) is 0.545. The van der Waals surface area contributed by atoms with Crippen LogP contribution in [0.1, 0.15) is 6.92 Å². The Morgan fingerprint density at radius 1 is 1.50 bits per heavy atom. The van der Waals surface area contributed by atoms with Gasteiger partial charge in [0.15, 0.2) is 0 Å². The maximum atomic E-state index is 11.9. The van der Waals surface area contributed by atoms with E-state index in [1.54, 1.807) is 14.0 Å². The number of anilines is 1. The highest BCUT2D eigenvalue weighted by atomic mass is 79.9. The molecule has 5 heteroatoms. The highest BCUT2D eigenvalue weighted by molar-refractivity contribution is 9.10. The third kappa shape index (κ3) is 1.81. The van der Waals surface area contributed by atoms with Crippen molar-refractivity contribution in [1.82, 2.24) is 0 Å². The van der Waals surface area contributed by atoms with Crippen LogP contribution >= 0.6 is 15.9 Å². The third-order valence-electron chi connectivity index (χ3n) is 2.72. The Morgan fingerprint density at radius 2 is 2.19 bits per heavy atom. The zero-order chi connectivity index (χ0) is 11.9. The van der Waals surface area contributed by atoms with Crippen molar-refractivity contribution in [3.63, 3.8) is 0 Å². The Morgan fingerprint density at radius 3 is 2.88 bits per heavy atom. The molecule has 1 unspecified atom stereocenters. The number of amides is 1. The normalized spacial score (nSPS) is 24.8. The fourth-order valence-corrected chi connectivity index (χ4v) is 2.02. The van der Waals surface area contributed by atoms with Crippen molar-refractivity contribution in [1.29, 1.82) is 0 Å². The lowest BCUT2D eigenvalue weighted by Gasteiger charge is -2.18. The smallest absolute Gasteiger partial charge is 0.247 e. The van der Waals surface area contributed by atoms with E-state index in [0.717, 1.165) is 10.2 Å². The topological polar surface area (TPSA) is 55.6 Å². The van der Waals surface area contributed by atoms with Gasteiger partial charge in [0.2, 0.25) is 5.91 Å². The van der Waals surface area contributed by atoms with Crippen molar-refractivity contribution in [2.45, 2.75) is 19.1 Å². The van der Waals surface area contributed by atoms with Crippen LogP contribution in [0.25, 0.3) is 0 Å². The molecule has 0 fully saturated rings. The predicted molar refractivity (Wildman–Crippen MR) is 65.6 cm³/mol. The Kier molecular flexibility index (Phi) is 2.90. The van der Waals surface area contributed by atoms with Crippen LogP contribution in [0.5, 0.6) is 5.75 Å². The number of rotatable bonds is 0. The number of nitrogens with zero attached hydrogens (tertiary/aromatic N) is 1. The van der Waals surface area contributed by atoms with E-state index < -0.39 is 6.04 Å². The molecule has 0 spiro atoms. The Hall–Kier alpha value is -1.07. The number of carbonyl (C=O) groups excluding carboxylic acids is 1. The highest BCUT2D eigenvalue weighted by Crippen LogP contribution is 2.34. The predicted octanol–water partition coefficient (Wildman–Crippen LogP) is 1.52. The summed E-state index contributed by atoms with van der Waals surface area (Å²) >= 11 is 3.37. The van der Waals surface area contributed by atoms with Gasteiger partial charge in [-0.15, -0.1) is 0 Å². The maximum Gasteiger partial charge on any atom is 0.247 e. The molecule has 0 aromatic heterocycles. The van der Waals surface area contributed by atoms with Gasteiger partial charge in [-0.3, -0.25) is 4.79 Å². The van der Waals surface area contributed by atoms with Gasteiger partial charge in [0.05, 0.1) is 5.69 Å². The van der Waals surface area contributed by atoms with Crippen LogP contribution < -0.4 is 15.4 Å². The van der Waals surface area contributed by atoms with Crippen LogP contribution in [0.2, 0.25) is 0 Å². The van der Waals surface area contributed by atoms with Gasteiger partial charge in [-0.1, -0.05) is 15.9 Å². The second-order valence-corrected chi connectivity index (χ2v) is 4.77. The van der Waals surface area contributed by atoms with Gasteiger partial charge in [-0.2, -0.15) is 0 Å². The molecular weight excluding hydrogens is 272 g/mol. The standard InChI is InChI=1S/C11H13BrN2O2/c1-6-10(13)11(15)14(2)8-5-7(12)3-4-9(8)16-6/h3-6,10H,13H2,1-2H3/t6-,10?/m0/s1. The molecule has 2 rings (SSSR count). The number of benzene rings is 1. The van der Waals surface area contributed by atoms with E-state index in [1.807, 2.05) is 18.2 Å². The molecule has 1 aromatic rings. The minimum Gasteiger partial charge on any atom is -0.486 e. The van der Waals surface area contributed by atoms with E-state index >= 15 is 0 Å². The lowest BCUT2D eigenvalue weighted by molar-refractivity contribution is -0.120. The summed E-state index contributed by atoms with van der Waals surface area (Å²) in [4.78, 5) is 13.5. The first-order valence-corrected chi connectivity index (χ1v) is 5.79. The summed E-state index contributed by atoms with van der Waals surface area (Å²) in [5.41, 5.74) is 6.54. The molecule has 1 aliphatic heterocycles. The quantitative estimate of drug-likeness (QED) is 0.786. The number of likely N-dealkylation sites (N-methyl/N-ethyl adjacent to an activating group) is 1. The zero-order valence-corrected chi connectivity index (χ0v) is 10.7. The van der Waals surface area contributed by atoms with Crippen molar-refractivity contribution in [2.75, 3.05) is 11.9 Å². The van der Waals surface area contributed by atoms with Crippen LogP contribution in [0, 0.1) is 0 Å². The van der Waals surface area contributed by atoms with Gasteiger partial charge in [-0.05, 0) is 25.1 Å². The number of hydrogen-bond acceptors (Lipinski definition) is 3. The summed E-state index contributed by atoms with van der Waals surface area (Å²) in [5, 5.41) is 0. The van der Waals surface area contributed by atoms with Gasteiger partial charge in [0.25, 0.3) is 0 Å². The Labute approximate surface area is 102 Å². The minimum absolute atomic E-state index is 0.135. The molecule has 4 nitrogen and oxygen atoms in total. The number of fused-ring (bicyclic) bond motifs is 1. The third-order valence-corrected chi connectivity index (χ3v) is 3.21. The van der Waals surface area contributed by atoms with Crippen molar-refractivity contribution < 1.29 is 9.53 Å². The van der Waals surface area contributed by atoms with Crippen molar-refractivity contribution in [3.8, 4) is 5.75 Å². The van der Waals surface area contributed by atoms with E-state index in [1.165, 1.54) is 4.90 Å². The number of nitrogens with two attached hydrogens (primary N) is 1. The van der Waals surface area contributed by atoms with Gasteiger partial charge >= 0.3 is 0 Å². The lowest BCUT2D eigenvalue weighted by atomic mass is 10.2. The molecule has 1 aromatic carbocycles. The van der Waals surface area contributed by atoms with Gasteiger partial charge < -0.3 is 15.4 Å². The first kappa shape index (κ1) is 11.4. The molecule has 0 radical (unpaired) electrons. The molecular formula is C11H13BrN2O2. The zero-order valence-electron chi connectivity index (χ0n) is 9.11. The molecule has 0 bridgehead atoms. The van der Waals surface area contributed by atoms with E-state index in [0.29, 0.717) is 5.75 Å². The van der Waals surface area contributed by atoms with E-state index in [-0.39, 0.29) is 12.0 Å². The average Bonchev–Trinajstić information content (AvgIpc) is 2.34. The summed E-state index contributed by atoms with van der Waals surface area (Å²) in [6.45, 7) is 1.80. The maximum absolute atomic E-state index is 11.9. The van der Waals surface area contributed by atoms with Crippen molar-refractivity contribution in [2.24, 2.45) is 5.73 Å². The molecule has 1 aliphatic rings. The molecule has 1 amide bonds. The van der Waals surface area contributed by atoms with E-state index in [4.69, 9.17) is 10.5 Å². The van der Waals surface area contributed by atoms with Crippen LogP contribution in [0.4, 0.5) is 5.69 Å². The first-order chi connectivity index (χ1) is 7.50. The summed E-state index contributed by atoms with van der Waals surface area (Å²) in [6.07, 6.45) is -0.322. The first-order valence-electron chi connectivity index (χ1n) is 5.00. The number of carbonyl (C=O) groups is 1. The van der Waals surface area contributed by atoms with Crippen LogP contribution in [-0.4, -0.2) is 25.1 Å². The number of halogens is 1. The summed E-state index contributed by atoms with van der Waals surface area (Å²) in [7, 11) is 1.70. The fraction of sp³-hybridized carbons (Fsp3) is 0.364. The van der Waals surface area contributed by atoms with Crippen molar-refractivity contribution >= 4 is 27.5 Å². The Bertz CT molecular complexity index is 436. The lowest BCUT2D eigenvalue weighted by Crippen LogP contribution is -2.48. The highest BCUT2D eigenvalue weighted by Gasteiger charge is 2.31. The van der Waals surface area contributed by atoms with Crippen LogP contribution in [0.15, 0.2) is 22.7 Å². The fourth-order valence-electron chi connectivity index (χ4n) is 1.67. The molecule has 16 heavy (non-hydrogen) atoms. The van der Waals surface area contributed by atoms with Gasteiger partial charge in [0, 0.05) is 11.5 Å². The molecule has 86 valence electrons. The largest absolute Gasteiger partial charge is 0.486 e. The number of hydrogen-bond donors (Lipinski definition) is 1. The number of ether oxygens (including phenoxy) is 1. The minimum atomic E-state index is -0.629. The van der Waals surface area contributed by atoms with Gasteiger partial charge in [-0.25, -0.2) is 0 Å². The average molecular weight is 285 g/mol. The van der Waals surface area contributed by atoms with Gasteiger partial charge in [0.1, 0.15) is 17.9 Å². The molecule has 2 N–H and O–H groups in total. The van der Waals surface area contributed by atoms with Crippen LogP contribution in [-0.2, 0) is 4.79 Å². The van der Waals surface area contributed by atoms with E-state index in [2.05, 4.69) is 15.9 Å². The molecule has 0 saturated carbocycles. The monoisotopic (exact) mass is 284 g/mol. The second-order valence-electron chi connectivity index (χ2n) is 3.86. The molecule has 2 atom stereocenters.